The first-order chi connectivity index (χ1) is 7.59. The summed E-state index contributed by atoms with van der Waals surface area (Å²) in [6.45, 7) is 0. The summed E-state index contributed by atoms with van der Waals surface area (Å²) < 4.78 is 0. The molecule has 1 heterocycles. The summed E-state index contributed by atoms with van der Waals surface area (Å²) in [6, 6.07) is 2.02. The van der Waals surface area contributed by atoms with Crippen molar-refractivity contribution in [2.45, 2.75) is 18.8 Å². The van der Waals surface area contributed by atoms with Crippen LogP contribution >= 0.6 is 11.3 Å². The van der Waals surface area contributed by atoms with Crippen LogP contribution in [-0.4, -0.2) is 16.8 Å². The van der Waals surface area contributed by atoms with E-state index in [1.165, 1.54) is 5.56 Å². The standard InChI is InChI=1S/C11H12N2O2S/c12-9-4-7(6-1-2-16-5-6)3-8(9)10(13)11(14)15/h1-2,5,7,13H,3-4,12H2,(H,14,15). The van der Waals surface area contributed by atoms with Crippen LogP contribution in [-0.2, 0) is 4.79 Å². The molecule has 0 spiro atoms. The van der Waals surface area contributed by atoms with Gasteiger partial charge in [-0.15, -0.1) is 0 Å². The van der Waals surface area contributed by atoms with E-state index in [1.54, 1.807) is 11.3 Å². The van der Waals surface area contributed by atoms with Crippen LogP contribution in [0.5, 0.6) is 0 Å². The molecule has 84 valence electrons. The summed E-state index contributed by atoms with van der Waals surface area (Å²) >= 11 is 1.61. The molecule has 0 aliphatic heterocycles. The van der Waals surface area contributed by atoms with E-state index in [0.29, 0.717) is 24.1 Å². The molecule has 2 rings (SSSR count). The molecule has 1 aliphatic carbocycles. The van der Waals surface area contributed by atoms with Crippen LogP contribution in [0.2, 0.25) is 0 Å². The Bertz CT molecular complexity index is 462. The first-order valence-electron chi connectivity index (χ1n) is 4.91. The fourth-order valence-corrected chi connectivity index (χ4v) is 2.72. The number of carbonyl (C=O) groups is 1. The van der Waals surface area contributed by atoms with Gasteiger partial charge in [0.05, 0.1) is 0 Å². The molecule has 1 unspecified atom stereocenters. The largest absolute Gasteiger partial charge is 0.477 e. The highest BCUT2D eigenvalue weighted by Crippen LogP contribution is 2.37. The maximum atomic E-state index is 10.7. The molecule has 16 heavy (non-hydrogen) atoms. The average Bonchev–Trinajstić information content (AvgIpc) is 2.84. The van der Waals surface area contributed by atoms with Crippen molar-refractivity contribution in [1.82, 2.24) is 0 Å². The van der Waals surface area contributed by atoms with E-state index < -0.39 is 5.97 Å². The molecule has 0 radical (unpaired) electrons. The Morgan fingerprint density at radius 2 is 2.31 bits per heavy atom. The topological polar surface area (TPSA) is 87.2 Å². The molecule has 4 N–H and O–H groups in total. The van der Waals surface area contributed by atoms with Gasteiger partial charge in [0.25, 0.3) is 0 Å². The van der Waals surface area contributed by atoms with E-state index in [-0.39, 0.29) is 11.6 Å². The van der Waals surface area contributed by atoms with Crippen LogP contribution in [0.3, 0.4) is 0 Å². The quantitative estimate of drug-likeness (QED) is 0.701. The fraction of sp³-hybridized carbons (Fsp3) is 0.273. The van der Waals surface area contributed by atoms with E-state index in [0.717, 1.165) is 0 Å². The molecule has 0 bridgehead atoms. The molecule has 1 atom stereocenters. The third-order valence-corrected chi connectivity index (χ3v) is 3.54. The average molecular weight is 236 g/mol. The molecule has 1 aromatic rings. The summed E-state index contributed by atoms with van der Waals surface area (Å²) in [5.74, 6) is -0.968. The maximum Gasteiger partial charge on any atom is 0.354 e. The van der Waals surface area contributed by atoms with Gasteiger partial charge < -0.3 is 10.8 Å². The van der Waals surface area contributed by atoms with Gasteiger partial charge in [0.2, 0.25) is 0 Å². The predicted octanol–water partition coefficient (Wildman–Crippen LogP) is 1.94. The summed E-state index contributed by atoms with van der Waals surface area (Å²) in [5.41, 5.74) is 7.64. The number of carboxylic acid groups (broad SMARTS) is 1. The van der Waals surface area contributed by atoms with E-state index in [1.807, 2.05) is 16.8 Å². The lowest BCUT2D eigenvalue weighted by Gasteiger charge is -2.06. The zero-order valence-electron chi connectivity index (χ0n) is 8.56. The Hall–Kier alpha value is -1.62. The van der Waals surface area contributed by atoms with E-state index in [9.17, 15) is 4.79 Å². The predicted molar refractivity (Wildman–Crippen MR) is 62.9 cm³/mol. The number of aliphatic carboxylic acids is 1. The molecule has 0 fully saturated rings. The molecule has 5 heteroatoms. The number of thiophene rings is 1. The highest BCUT2D eigenvalue weighted by molar-refractivity contribution is 7.08. The van der Waals surface area contributed by atoms with Gasteiger partial charge in [-0.3, -0.25) is 5.41 Å². The highest BCUT2D eigenvalue weighted by atomic mass is 32.1. The van der Waals surface area contributed by atoms with Gasteiger partial charge in [-0.25, -0.2) is 4.79 Å². The normalized spacial score (nSPS) is 20.1. The molecule has 0 saturated carbocycles. The fourth-order valence-electron chi connectivity index (χ4n) is 1.97. The monoisotopic (exact) mass is 236 g/mol. The minimum Gasteiger partial charge on any atom is -0.477 e. The Balaban J connectivity index is 2.16. The Morgan fingerprint density at radius 3 is 2.88 bits per heavy atom. The SMILES string of the molecule is N=C(C(=O)O)C1=C(N)CC(c2ccsc2)C1. The van der Waals surface area contributed by atoms with Crippen molar-refractivity contribution in [3.05, 3.63) is 33.7 Å². The van der Waals surface area contributed by atoms with Gasteiger partial charge in [0.15, 0.2) is 0 Å². The van der Waals surface area contributed by atoms with Gasteiger partial charge >= 0.3 is 5.97 Å². The molecule has 4 nitrogen and oxygen atoms in total. The van der Waals surface area contributed by atoms with E-state index >= 15 is 0 Å². The third kappa shape index (κ3) is 1.86. The van der Waals surface area contributed by atoms with Gasteiger partial charge in [-0.2, -0.15) is 11.3 Å². The number of allylic oxidation sites excluding steroid dienone is 1. The zero-order valence-corrected chi connectivity index (χ0v) is 9.38. The smallest absolute Gasteiger partial charge is 0.354 e. The van der Waals surface area contributed by atoms with Crippen molar-refractivity contribution in [2.75, 3.05) is 0 Å². The minimum absolute atomic E-state index is 0.237. The van der Waals surface area contributed by atoms with Crippen LogP contribution < -0.4 is 5.73 Å². The van der Waals surface area contributed by atoms with Crippen LogP contribution in [0.4, 0.5) is 0 Å². The highest BCUT2D eigenvalue weighted by Gasteiger charge is 2.28. The number of carboxylic acids is 1. The molecule has 0 aromatic carbocycles. The second kappa shape index (κ2) is 4.09. The number of hydrogen-bond donors (Lipinski definition) is 3. The lowest BCUT2D eigenvalue weighted by Crippen LogP contribution is -2.16. The minimum atomic E-state index is -1.20. The summed E-state index contributed by atoms with van der Waals surface area (Å²) in [6.07, 6.45) is 1.22. The zero-order chi connectivity index (χ0) is 11.7. The Kier molecular flexibility index (Phi) is 2.78. The molecular formula is C11H12N2O2S. The molecule has 1 aliphatic rings. The second-order valence-electron chi connectivity index (χ2n) is 3.85. The summed E-state index contributed by atoms with van der Waals surface area (Å²) in [4.78, 5) is 10.7. The number of nitrogens with two attached hydrogens (primary N) is 1. The lowest BCUT2D eigenvalue weighted by molar-refractivity contribution is -0.129. The van der Waals surface area contributed by atoms with Gasteiger partial charge in [-0.1, -0.05) is 0 Å². The van der Waals surface area contributed by atoms with Crippen molar-refractivity contribution in [2.24, 2.45) is 5.73 Å². The van der Waals surface area contributed by atoms with Crippen LogP contribution in [0, 0.1) is 5.41 Å². The third-order valence-electron chi connectivity index (χ3n) is 2.83. The second-order valence-corrected chi connectivity index (χ2v) is 4.63. The number of rotatable bonds is 3. The summed E-state index contributed by atoms with van der Waals surface area (Å²) in [5, 5.41) is 20.3. The van der Waals surface area contributed by atoms with Crippen molar-refractivity contribution in [3.63, 3.8) is 0 Å². The Labute approximate surface area is 96.9 Å². The van der Waals surface area contributed by atoms with Gasteiger partial charge in [0.1, 0.15) is 5.71 Å². The molecular weight excluding hydrogens is 224 g/mol. The molecule has 0 saturated heterocycles. The van der Waals surface area contributed by atoms with Crippen molar-refractivity contribution < 1.29 is 9.90 Å². The van der Waals surface area contributed by atoms with Gasteiger partial charge in [-0.05, 0) is 41.1 Å². The van der Waals surface area contributed by atoms with Crippen LogP contribution in [0.25, 0.3) is 0 Å². The Morgan fingerprint density at radius 1 is 1.56 bits per heavy atom. The van der Waals surface area contributed by atoms with Crippen LogP contribution in [0.1, 0.15) is 24.3 Å². The van der Waals surface area contributed by atoms with Crippen molar-refractivity contribution in [3.8, 4) is 0 Å². The number of nitrogens with one attached hydrogen (secondary N) is 1. The van der Waals surface area contributed by atoms with Gasteiger partial charge in [0, 0.05) is 11.3 Å². The van der Waals surface area contributed by atoms with Crippen LogP contribution in [0.15, 0.2) is 28.1 Å². The summed E-state index contributed by atoms with van der Waals surface area (Å²) in [7, 11) is 0. The lowest BCUT2D eigenvalue weighted by atomic mass is 9.97. The first-order valence-corrected chi connectivity index (χ1v) is 5.85. The van der Waals surface area contributed by atoms with E-state index in [2.05, 4.69) is 0 Å². The van der Waals surface area contributed by atoms with E-state index in [4.69, 9.17) is 16.2 Å². The van der Waals surface area contributed by atoms with Crippen molar-refractivity contribution in [1.29, 1.82) is 5.41 Å². The maximum absolute atomic E-state index is 10.7. The molecule has 1 aromatic heterocycles. The van der Waals surface area contributed by atoms with Crippen molar-refractivity contribution >= 4 is 23.0 Å². The first kappa shape index (κ1) is 10.9. The number of hydrogen-bond acceptors (Lipinski definition) is 4. The molecule has 0 amide bonds.